The molecule has 3 N–H and O–H groups in total. The lowest BCUT2D eigenvalue weighted by atomic mass is 9.94. The van der Waals surface area contributed by atoms with Gasteiger partial charge in [0.15, 0.2) is 0 Å². The molecule has 0 spiro atoms. The molecule has 1 aliphatic rings. The van der Waals surface area contributed by atoms with Gasteiger partial charge in [-0.2, -0.15) is 0 Å². The molecule has 1 aromatic heterocycles. The summed E-state index contributed by atoms with van der Waals surface area (Å²) in [5.41, 5.74) is 8.82. The number of fused-ring (bicyclic) bond motifs is 1. The Morgan fingerprint density at radius 1 is 1.43 bits per heavy atom. The highest BCUT2D eigenvalue weighted by Crippen LogP contribution is 2.19. The molecule has 76 valence electrons. The first kappa shape index (κ1) is 9.46. The maximum absolute atomic E-state index is 11.6. The number of aromatic nitrogens is 1. The predicted molar refractivity (Wildman–Crippen MR) is 56.3 cm³/mol. The van der Waals surface area contributed by atoms with Gasteiger partial charge in [-0.25, -0.2) is 0 Å². The second kappa shape index (κ2) is 3.58. The molecule has 1 atom stereocenters. The Kier molecular flexibility index (Phi) is 2.42. The van der Waals surface area contributed by atoms with Crippen molar-refractivity contribution in [2.45, 2.75) is 38.6 Å². The molecule has 1 aromatic rings. The Balaban J connectivity index is 2.51. The summed E-state index contributed by atoms with van der Waals surface area (Å²) in [6.45, 7) is 1.85. The van der Waals surface area contributed by atoms with E-state index in [9.17, 15) is 4.79 Å². The smallest absolute Gasteiger partial charge is 0.252 e. The lowest BCUT2D eigenvalue weighted by molar-refractivity contribution is 0.657. The van der Waals surface area contributed by atoms with Crippen LogP contribution < -0.4 is 11.3 Å². The third-order valence-electron chi connectivity index (χ3n) is 2.86. The largest absolute Gasteiger partial charge is 0.326 e. The summed E-state index contributed by atoms with van der Waals surface area (Å²) in [6, 6.07) is 1.81. The molecule has 0 amide bonds. The zero-order chi connectivity index (χ0) is 10.1. The average molecular weight is 192 g/mol. The summed E-state index contributed by atoms with van der Waals surface area (Å²) in [4.78, 5) is 14.5. The summed E-state index contributed by atoms with van der Waals surface area (Å²) in [5.74, 6) is 0. The molecule has 2 rings (SSSR count). The van der Waals surface area contributed by atoms with Crippen LogP contribution >= 0.6 is 0 Å². The maximum atomic E-state index is 11.6. The predicted octanol–water partition coefficient (Wildman–Crippen LogP) is 1.27. The van der Waals surface area contributed by atoms with Gasteiger partial charge < -0.3 is 10.7 Å². The lowest BCUT2D eigenvalue weighted by Gasteiger charge is -2.16. The summed E-state index contributed by atoms with van der Waals surface area (Å²) in [7, 11) is 0. The fraction of sp³-hybridized carbons (Fsp3) is 0.545. The number of hydrogen-bond acceptors (Lipinski definition) is 2. The molecule has 0 fully saturated rings. The summed E-state index contributed by atoms with van der Waals surface area (Å²) < 4.78 is 0. The number of nitrogens with two attached hydrogens (primary N) is 1. The quantitative estimate of drug-likeness (QED) is 0.704. The van der Waals surface area contributed by atoms with Crippen LogP contribution in [0.1, 0.15) is 42.6 Å². The number of aryl methyl sites for hydroxylation is 2. The van der Waals surface area contributed by atoms with Gasteiger partial charge in [0, 0.05) is 17.3 Å². The topological polar surface area (TPSA) is 58.9 Å². The van der Waals surface area contributed by atoms with E-state index in [1.165, 1.54) is 18.4 Å². The fourth-order valence-electron chi connectivity index (χ4n) is 2.03. The lowest BCUT2D eigenvalue weighted by Crippen LogP contribution is -2.23. The minimum atomic E-state index is -0.175. The fourth-order valence-corrected chi connectivity index (χ4v) is 2.03. The first-order valence-corrected chi connectivity index (χ1v) is 5.19. The second-order valence-corrected chi connectivity index (χ2v) is 4.05. The molecule has 3 heteroatoms. The Bertz CT molecular complexity index is 393. The standard InChI is InChI=1S/C11H16N2O/c1-7(12)9-6-8-4-2-3-5-10(8)13-11(9)14/h6-7H,2-5,12H2,1H3,(H,13,14)/t7-/m1/s1. The Labute approximate surface area is 83.3 Å². The first-order chi connectivity index (χ1) is 6.68. The van der Waals surface area contributed by atoms with E-state index in [2.05, 4.69) is 4.98 Å². The van der Waals surface area contributed by atoms with Gasteiger partial charge >= 0.3 is 0 Å². The normalized spacial score (nSPS) is 17.6. The number of hydrogen-bond donors (Lipinski definition) is 2. The molecular weight excluding hydrogens is 176 g/mol. The van der Waals surface area contributed by atoms with Gasteiger partial charge in [0.1, 0.15) is 0 Å². The van der Waals surface area contributed by atoms with Crippen molar-refractivity contribution in [1.29, 1.82) is 0 Å². The van der Waals surface area contributed by atoms with Crippen LogP contribution in [0.4, 0.5) is 0 Å². The number of nitrogens with one attached hydrogen (secondary N) is 1. The summed E-state index contributed by atoms with van der Waals surface area (Å²) >= 11 is 0. The molecular formula is C11H16N2O. The van der Waals surface area contributed by atoms with Crippen molar-refractivity contribution >= 4 is 0 Å². The number of aromatic amines is 1. The van der Waals surface area contributed by atoms with E-state index in [0.717, 1.165) is 18.5 Å². The van der Waals surface area contributed by atoms with Crippen molar-refractivity contribution in [3.05, 3.63) is 33.2 Å². The third-order valence-corrected chi connectivity index (χ3v) is 2.86. The zero-order valence-corrected chi connectivity index (χ0v) is 8.47. The molecule has 0 saturated heterocycles. The van der Waals surface area contributed by atoms with E-state index in [-0.39, 0.29) is 11.6 Å². The second-order valence-electron chi connectivity index (χ2n) is 4.05. The highest BCUT2D eigenvalue weighted by molar-refractivity contribution is 5.28. The molecule has 0 aliphatic heterocycles. The minimum Gasteiger partial charge on any atom is -0.326 e. The van der Waals surface area contributed by atoms with Crippen LogP contribution in [0, 0.1) is 0 Å². The van der Waals surface area contributed by atoms with Gasteiger partial charge in [-0.3, -0.25) is 4.79 Å². The summed E-state index contributed by atoms with van der Waals surface area (Å²) in [6.07, 6.45) is 4.48. The highest BCUT2D eigenvalue weighted by Gasteiger charge is 2.13. The van der Waals surface area contributed by atoms with E-state index in [0.29, 0.717) is 5.56 Å². The number of pyridine rings is 1. The van der Waals surface area contributed by atoms with E-state index in [1.54, 1.807) is 0 Å². The Morgan fingerprint density at radius 2 is 2.14 bits per heavy atom. The van der Waals surface area contributed by atoms with Gasteiger partial charge in [-0.1, -0.05) is 0 Å². The molecule has 0 aromatic carbocycles. The highest BCUT2D eigenvalue weighted by atomic mass is 16.1. The van der Waals surface area contributed by atoms with E-state index >= 15 is 0 Å². The third kappa shape index (κ3) is 1.60. The first-order valence-electron chi connectivity index (χ1n) is 5.19. The van der Waals surface area contributed by atoms with Crippen LogP contribution in [0.5, 0.6) is 0 Å². The molecule has 0 radical (unpaired) electrons. The molecule has 0 bridgehead atoms. The van der Waals surface area contributed by atoms with E-state index in [1.807, 2.05) is 13.0 Å². The van der Waals surface area contributed by atoms with Crippen molar-refractivity contribution in [1.82, 2.24) is 4.98 Å². The molecule has 3 nitrogen and oxygen atoms in total. The van der Waals surface area contributed by atoms with Crippen LogP contribution in [0.2, 0.25) is 0 Å². The zero-order valence-electron chi connectivity index (χ0n) is 8.47. The molecule has 1 aliphatic carbocycles. The Morgan fingerprint density at radius 3 is 2.86 bits per heavy atom. The summed E-state index contributed by atoms with van der Waals surface area (Å²) in [5, 5.41) is 0. The van der Waals surface area contributed by atoms with Crippen LogP contribution in [0.15, 0.2) is 10.9 Å². The number of H-pyrrole nitrogens is 1. The maximum Gasteiger partial charge on any atom is 0.252 e. The van der Waals surface area contributed by atoms with Crippen molar-refractivity contribution in [3.63, 3.8) is 0 Å². The van der Waals surface area contributed by atoms with Crippen LogP contribution in [-0.4, -0.2) is 4.98 Å². The van der Waals surface area contributed by atoms with E-state index < -0.39 is 0 Å². The van der Waals surface area contributed by atoms with Gasteiger partial charge in [0.25, 0.3) is 5.56 Å². The molecule has 1 heterocycles. The average Bonchev–Trinajstić information content (AvgIpc) is 2.16. The van der Waals surface area contributed by atoms with Crippen molar-refractivity contribution < 1.29 is 0 Å². The van der Waals surface area contributed by atoms with Crippen LogP contribution in [-0.2, 0) is 12.8 Å². The van der Waals surface area contributed by atoms with Crippen LogP contribution in [0.25, 0.3) is 0 Å². The van der Waals surface area contributed by atoms with Gasteiger partial charge in [0.2, 0.25) is 0 Å². The Hall–Kier alpha value is -1.09. The SMILES string of the molecule is C[C@@H](N)c1cc2c([nH]c1=O)CCCC2. The van der Waals surface area contributed by atoms with Gasteiger partial charge in [-0.15, -0.1) is 0 Å². The molecule has 0 saturated carbocycles. The van der Waals surface area contributed by atoms with Crippen molar-refractivity contribution in [2.24, 2.45) is 5.73 Å². The van der Waals surface area contributed by atoms with Gasteiger partial charge in [0.05, 0.1) is 0 Å². The van der Waals surface area contributed by atoms with Crippen molar-refractivity contribution in [2.75, 3.05) is 0 Å². The molecule has 0 unspecified atom stereocenters. The van der Waals surface area contributed by atoms with Gasteiger partial charge in [-0.05, 0) is 44.2 Å². The van der Waals surface area contributed by atoms with Crippen LogP contribution in [0.3, 0.4) is 0 Å². The molecule has 14 heavy (non-hydrogen) atoms. The number of rotatable bonds is 1. The monoisotopic (exact) mass is 192 g/mol. The minimum absolute atomic E-state index is 0.0133. The van der Waals surface area contributed by atoms with Crippen molar-refractivity contribution in [3.8, 4) is 0 Å². The van der Waals surface area contributed by atoms with E-state index in [4.69, 9.17) is 5.73 Å².